The zero-order valence-corrected chi connectivity index (χ0v) is 28.4. The normalized spacial score (nSPS) is 11.8. The Bertz CT molecular complexity index is 2120. The predicted octanol–water partition coefficient (Wildman–Crippen LogP) is 9.14. The van der Waals surface area contributed by atoms with Crippen LogP contribution in [0.2, 0.25) is 0 Å². The summed E-state index contributed by atoms with van der Waals surface area (Å²) < 4.78 is 13.5. The summed E-state index contributed by atoms with van der Waals surface area (Å²) in [6, 6.07) is 38.8. The molecule has 3 amide bonds. The number of thioether (sulfide) groups is 1. The molecule has 1 heterocycles. The Labute approximate surface area is 297 Å². The molecule has 1 atom stereocenters. The summed E-state index contributed by atoms with van der Waals surface area (Å²) in [5.41, 5.74) is 5.13. The Morgan fingerprint density at radius 3 is 2.12 bits per heavy atom. The number of anilines is 2. The lowest BCUT2D eigenvalue weighted by Crippen LogP contribution is -2.30. The number of rotatable bonds is 11. The van der Waals surface area contributed by atoms with Gasteiger partial charge in [-0.15, -0.1) is 23.1 Å². The molecular weight excluding hydrogens is 668 g/mol. The summed E-state index contributed by atoms with van der Waals surface area (Å²) in [6.45, 7) is 2.03. The third kappa shape index (κ3) is 8.98. The maximum atomic E-state index is 13.7. The minimum atomic E-state index is -0.582. The SMILES string of the molecule is Cc1ccc(-c2csc(NC(=O)C(Sc3ccc(NC(=O)/C(=C/c4ccc(F)cc4)NC(=O)c4ccccc4)cc3)c3ccccc3)n2)cc1. The number of nitrogens with zero attached hydrogens (tertiary/aromatic N) is 1. The van der Waals surface area contributed by atoms with Crippen LogP contribution in [0.3, 0.4) is 0 Å². The van der Waals surface area contributed by atoms with Gasteiger partial charge in [-0.3, -0.25) is 14.4 Å². The molecule has 7 nitrogen and oxygen atoms in total. The molecule has 0 bridgehead atoms. The Hall–Kier alpha value is -5.84. The van der Waals surface area contributed by atoms with Crippen molar-refractivity contribution in [3.63, 3.8) is 0 Å². The first kappa shape index (κ1) is 34.0. The molecule has 6 rings (SSSR count). The van der Waals surface area contributed by atoms with Crippen LogP contribution >= 0.6 is 23.1 Å². The molecule has 0 aliphatic rings. The molecule has 50 heavy (non-hydrogen) atoms. The number of benzene rings is 5. The maximum absolute atomic E-state index is 13.7. The third-order valence-electron chi connectivity index (χ3n) is 7.50. The van der Waals surface area contributed by atoms with Crippen molar-refractivity contribution in [2.75, 3.05) is 10.6 Å². The molecule has 0 spiro atoms. The van der Waals surface area contributed by atoms with Crippen LogP contribution in [-0.4, -0.2) is 22.7 Å². The number of hydrogen-bond donors (Lipinski definition) is 3. The summed E-state index contributed by atoms with van der Waals surface area (Å²) in [7, 11) is 0. The zero-order valence-electron chi connectivity index (χ0n) is 26.8. The highest BCUT2D eigenvalue weighted by Gasteiger charge is 2.23. The van der Waals surface area contributed by atoms with Gasteiger partial charge in [0.15, 0.2) is 5.13 Å². The summed E-state index contributed by atoms with van der Waals surface area (Å²) in [4.78, 5) is 45.5. The van der Waals surface area contributed by atoms with Crippen molar-refractivity contribution in [1.82, 2.24) is 10.3 Å². The number of amides is 3. The van der Waals surface area contributed by atoms with Crippen LogP contribution in [0.15, 0.2) is 149 Å². The monoisotopic (exact) mass is 698 g/mol. The second-order valence-electron chi connectivity index (χ2n) is 11.2. The van der Waals surface area contributed by atoms with Gasteiger partial charge in [0.05, 0.1) is 5.69 Å². The van der Waals surface area contributed by atoms with E-state index in [1.807, 2.05) is 79.0 Å². The Morgan fingerprint density at radius 2 is 1.44 bits per heavy atom. The van der Waals surface area contributed by atoms with Gasteiger partial charge >= 0.3 is 0 Å². The largest absolute Gasteiger partial charge is 0.321 e. The number of carbonyl (C=O) groups excluding carboxylic acids is 3. The van der Waals surface area contributed by atoms with Crippen LogP contribution in [0, 0.1) is 12.7 Å². The van der Waals surface area contributed by atoms with Gasteiger partial charge in [-0.25, -0.2) is 9.37 Å². The molecule has 0 fully saturated rings. The van der Waals surface area contributed by atoms with Crippen molar-refractivity contribution in [3.8, 4) is 11.3 Å². The third-order valence-corrected chi connectivity index (χ3v) is 9.52. The van der Waals surface area contributed by atoms with E-state index in [4.69, 9.17) is 0 Å². The summed E-state index contributed by atoms with van der Waals surface area (Å²) in [5, 5.41) is 10.3. The van der Waals surface area contributed by atoms with Crippen molar-refractivity contribution < 1.29 is 18.8 Å². The average molecular weight is 699 g/mol. The molecule has 0 aliphatic heterocycles. The summed E-state index contributed by atoms with van der Waals surface area (Å²) in [6.07, 6.45) is 1.48. The lowest BCUT2D eigenvalue weighted by atomic mass is 10.1. The summed E-state index contributed by atoms with van der Waals surface area (Å²) in [5.74, 6) is -1.65. The van der Waals surface area contributed by atoms with Gasteiger partial charge in [0.25, 0.3) is 11.8 Å². The molecule has 10 heteroatoms. The topological polar surface area (TPSA) is 100 Å². The fourth-order valence-electron chi connectivity index (χ4n) is 4.88. The van der Waals surface area contributed by atoms with Crippen molar-refractivity contribution in [3.05, 3.63) is 173 Å². The van der Waals surface area contributed by atoms with E-state index in [0.717, 1.165) is 27.3 Å². The van der Waals surface area contributed by atoms with Crippen LogP contribution in [0.5, 0.6) is 0 Å². The van der Waals surface area contributed by atoms with Crippen molar-refractivity contribution in [2.24, 2.45) is 0 Å². The number of thiazole rings is 1. The van der Waals surface area contributed by atoms with Gasteiger partial charge in [0.2, 0.25) is 5.91 Å². The molecule has 0 radical (unpaired) electrons. The number of nitrogens with one attached hydrogen (secondary N) is 3. The van der Waals surface area contributed by atoms with Gasteiger partial charge in [-0.2, -0.15) is 0 Å². The number of carbonyl (C=O) groups is 3. The first-order valence-electron chi connectivity index (χ1n) is 15.6. The van der Waals surface area contributed by atoms with Crippen LogP contribution < -0.4 is 16.0 Å². The standard InChI is InChI=1S/C40H31FN4O3S2/c1-26-12-16-28(17-13-26)35-25-49-40(44-35)45-39(48)36(29-8-4-2-5-9-29)50-33-22-20-32(21-23-33)42-38(47)34(24-27-14-18-31(41)19-15-27)43-37(46)30-10-6-3-7-11-30/h2-25,36H,1H3,(H,42,47)(H,43,46)(H,44,45,48)/b34-24-. The number of hydrogen-bond acceptors (Lipinski definition) is 6. The molecule has 0 aliphatic carbocycles. The fraction of sp³-hybridized carbons (Fsp3) is 0.0500. The van der Waals surface area contributed by atoms with Gasteiger partial charge in [-0.05, 0) is 72.7 Å². The lowest BCUT2D eigenvalue weighted by molar-refractivity contribution is -0.116. The maximum Gasteiger partial charge on any atom is 0.272 e. The van der Waals surface area contributed by atoms with Crippen molar-refractivity contribution in [1.29, 1.82) is 0 Å². The highest BCUT2D eigenvalue weighted by Crippen LogP contribution is 2.37. The van der Waals surface area contributed by atoms with Crippen LogP contribution in [0.1, 0.15) is 32.3 Å². The molecule has 6 aromatic rings. The smallest absolute Gasteiger partial charge is 0.272 e. The Kier molecular flexibility index (Phi) is 10.9. The molecule has 0 saturated heterocycles. The van der Waals surface area contributed by atoms with E-state index in [2.05, 4.69) is 20.9 Å². The predicted molar refractivity (Wildman–Crippen MR) is 199 cm³/mol. The molecular formula is C40H31FN4O3S2. The molecule has 0 saturated carbocycles. The fourth-order valence-corrected chi connectivity index (χ4v) is 6.63. The van der Waals surface area contributed by atoms with E-state index in [1.54, 1.807) is 42.5 Å². The number of aromatic nitrogens is 1. The van der Waals surface area contributed by atoms with Crippen molar-refractivity contribution >= 4 is 57.7 Å². The highest BCUT2D eigenvalue weighted by molar-refractivity contribution is 8.00. The molecule has 3 N–H and O–H groups in total. The van der Waals surface area contributed by atoms with Crippen molar-refractivity contribution in [2.45, 2.75) is 17.1 Å². The van der Waals surface area contributed by atoms with Gasteiger partial charge < -0.3 is 16.0 Å². The molecule has 5 aromatic carbocycles. The van der Waals surface area contributed by atoms with E-state index in [1.165, 1.54) is 53.4 Å². The lowest BCUT2D eigenvalue weighted by Gasteiger charge is -2.17. The van der Waals surface area contributed by atoms with E-state index < -0.39 is 22.9 Å². The summed E-state index contributed by atoms with van der Waals surface area (Å²) >= 11 is 2.74. The molecule has 248 valence electrons. The van der Waals surface area contributed by atoms with Crippen LogP contribution in [0.25, 0.3) is 17.3 Å². The van der Waals surface area contributed by atoms with E-state index in [0.29, 0.717) is 21.9 Å². The first-order chi connectivity index (χ1) is 24.3. The Balaban J connectivity index is 1.16. The van der Waals surface area contributed by atoms with Gasteiger partial charge in [0.1, 0.15) is 16.8 Å². The van der Waals surface area contributed by atoms with E-state index >= 15 is 0 Å². The van der Waals surface area contributed by atoms with Crippen LogP contribution in [-0.2, 0) is 9.59 Å². The molecule has 1 aromatic heterocycles. The van der Waals surface area contributed by atoms with Gasteiger partial charge in [-0.1, -0.05) is 90.5 Å². The number of halogens is 1. The second kappa shape index (κ2) is 16.0. The van der Waals surface area contributed by atoms with Crippen LogP contribution in [0.4, 0.5) is 15.2 Å². The second-order valence-corrected chi connectivity index (χ2v) is 13.2. The van der Waals surface area contributed by atoms with E-state index in [9.17, 15) is 18.8 Å². The molecule has 1 unspecified atom stereocenters. The Morgan fingerprint density at radius 1 is 0.780 bits per heavy atom. The number of aryl methyl sites for hydroxylation is 1. The minimum absolute atomic E-state index is 0.0163. The zero-order chi connectivity index (χ0) is 34.9. The van der Waals surface area contributed by atoms with Gasteiger partial charge in [0, 0.05) is 27.1 Å². The minimum Gasteiger partial charge on any atom is -0.321 e. The first-order valence-corrected chi connectivity index (χ1v) is 17.4. The highest BCUT2D eigenvalue weighted by atomic mass is 32.2. The average Bonchev–Trinajstić information content (AvgIpc) is 3.61. The van der Waals surface area contributed by atoms with E-state index in [-0.39, 0.29) is 11.6 Å². The quantitative estimate of drug-likeness (QED) is 0.0926.